The number of ether oxygens (including phenoxy) is 1. The van der Waals surface area contributed by atoms with Gasteiger partial charge in [0.05, 0.1) is 6.61 Å². The molecule has 0 saturated carbocycles. The molecule has 1 heterocycles. The van der Waals surface area contributed by atoms with Gasteiger partial charge in [-0.05, 0) is 31.6 Å². The maximum Gasteiger partial charge on any atom is 0.0593 e. The molecule has 0 aromatic rings. The molecule has 1 atom stereocenters. The largest absolute Gasteiger partial charge is 0.380 e. The van der Waals surface area contributed by atoms with Crippen molar-refractivity contribution in [1.29, 1.82) is 0 Å². The lowest BCUT2D eigenvalue weighted by Crippen LogP contribution is -2.64. The van der Waals surface area contributed by atoms with Crippen LogP contribution in [0, 0.1) is 5.92 Å². The predicted octanol–water partition coefficient (Wildman–Crippen LogP) is 3.29. The maximum absolute atomic E-state index is 5.84. The normalized spacial score (nSPS) is 23.4. The quantitative estimate of drug-likeness (QED) is 0.658. The summed E-state index contributed by atoms with van der Waals surface area (Å²) in [6, 6.07) is 0.650. The summed E-state index contributed by atoms with van der Waals surface area (Å²) < 4.78 is 5.84. The lowest BCUT2D eigenvalue weighted by Gasteiger charge is -2.49. The summed E-state index contributed by atoms with van der Waals surface area (Å²) in [6.45, 7) is 16.6. The standard InChI is InChI=1S/C17H36N2O/c1-6-16-13-19(10-12-20-11-9-15(4)5)17(7-2,8-3)14-18-16/h15-16,18H,6-14H2,1-5H3. The summed E-state index contributed by atoms with van der Waals surface area (Å²) >= 11 is 0. The van der Waals surface area contributed by atoms with Crippen LogP contribution >= 0.6 is 0 Å². The van der Waals surface area contributed by atoms with Gasteiger partial charge in [-0.15, -0.1) is 0 Å². The van der Waals surface area contributed by atoms with Gasteiger partial charge >= 0.3 is 0 Å². The van der Waals surface area contributed by atoms with Gasteiger partial charge in [-0.25, -0.2) is 0 Å². The van der Waals surface area contributed by atoms with Crippen LogP contribution in [-0.2, 0) is 4.74 Å². The number of nitrogens with one attached hydrogen (secondary N) is 1. The molecule has 0 aromatic heterocycles. The molecule has 0 bridgehead atoms. The minimum Gasteiger partial charge on any atom is -0.380 e. The smallest absolute Gasteiger partial charge is 0.0593 e. The van der Waals surface area contributed by atoms with Gasteiger partial charge in [0, 0.05) is 37.8 Å². The monoisotopic (exact) mass is 284 g/mol. The van der Waals surface area contributed by atoms with Gasteiger partial charge in [0.2, 0.25) is 0 Å². The molecular weight excluding hydrogens is 248 g/mol. The first-order chi connectivity index (χ1) is 9.57. The van der Waals surface area contributed by atoms with Crippen LogP contribution in [0.5, 0.6) is 0 Å². The second-order valence-electron chi connectivity index (χ2n) is 6.66. The molecule has 20 heavy (non-hydrogen) atoms. The van der Waals surface area contributed by atoms with E-state index in [1.54, 1.807) is 0 Å². The highest BCUT2D eigenvalue weighted by atomic mass is 16.5. The van der Waals surface area contributed by atoms with E-state index in [9.17, 15) is 0 Å². The van der Waals surface area contributed by atoms with Crippen molar-refractivity contribution < 1.29 is 4.74 Å². The van der Waals surface area contributed by atoms with Crippen LogP contribution in [0.2, 0.25) is 0 Å². The minimum absolute atomic E-state index is 0.340. The van der Waals surface area contributed by atoms with E-state index in [2.05, 4.69) is 44.8 Å². The predicted molar refractivity (Wildman–Crippen MR) is 87.2 cm³/mol. The van der Waals surface area contributed by atoms with Crippen LogP contribution in [0.3, 0.4) is 0 Å². The van der Waals surface area contributed by atoms with Crippen molar-refractivity contribution in [2.45, 2.75) is 71.9 Å². The van der Waals surface area contributed by atoms with Crippen molar-refractivity contribution in [1.82, 2.24) is 10.2 Å². The summed E-state index contributed by atoms with van der Waals surface area (Å²) in [5.74, 6) is 0.740. The second-order valence-corrected chi connectivity index (χ2v) is 6.66. The topological polar surface area (TPSA) is 24.5 Å². The first-order valence-corrected chi connectivity index (χ1v) is 8.64. The van der Waals surface area contributed by atoms with Crippen molar-refractivity contribution >= 4 is 0 Å². The third-order valence-electron chi connectivity index (χ3n) is 4.99. The maximum atomic E-state index is 5.84. The van der Waals surface area contributed by atoms with Crippen LogP contribution in [-0.4, -0.2) is 49.3 Å². The van der Waals surface area contributed by atoms with E-state index in [4.69, 9.17) is 4.74 Å². The van der Waals surface area contributed by atoms with Gasteiger partial charge in [-0.2, -0.15) is 0 Å². The zero-order valence-electron chi connectivity index (χ0n) is 14.4. The number of hydrogen-bond acceptors (Lipinski definition) is 3. The van der Waals surface area contributed by atoms with Gasteiger partial charge in [0.1, 0.15) is 0 Å². The Balaban J connectivity index is 2.43. The van der Waals surface area contributed by atoms with Crippen molar-refractivity contribution in [3.8, 4) is 0 Å². The summed E-state index contributed by atoms with van der Waals surface area (Å²) in [6.07, 6.45) is 4.83. The zero-order chi connectivity index (χ0) is 15.0. The number of nitrogens with zero attached hydrogens (tertiary/aromatic N) is 1. The van der Waals surface area contributed by atoms with Crippen LogP contribution in [0.4, 0.5) is 0 Å². The third-order valence-corrected chi connectivity index (χ3v) is 4.99. The Labute approximate surface area is 126 Å². The van der Waals surface area contributed by atoms with Gasteiger partial charge in [-0.1, -0.05) is 34.6 Å². The van der Waals surface area contributed by atoms with Crippen LogP contribution < -0.4 is 5.32 Å². The van der Waals surface area contributed by atoms with Crippen molar-refractivity contribution in [3.63, 3.8) is 0 Å². The molecule has 0 aromatic carbocycles. The van der Waals surface area contributed by atoms with E-state index in [0.29, 0.717) is 11.6 Å². The SMILES string of the molecule is CCC1CN(CCOCCC(C)C)C(CC)(CC)CN1. The fraction of sp³-hybridized carbons (Fsp3) is 1.00. The summed E-state index contributed by atoms with van der Waals surface area (Å²) in [5.41, 5.74) is 0.340. The van der Waals surface area contributed by atoms with Crippen molar-refractivity contribution in [2.24, 2.45) is 5.92 Å². The average molecular weight is 284 g/mol. The van der Waals surface area contributed by atoms with Crippen molar-refractivity contribution in [2.75, 3.05) is 32.8 Å². The molecule has 1 aliphatic heterocycles. The van der Waals surface area contributed by atoms with Gasteiger partial charge < -0.3 is 10.1 Å². The third kappa shape index (κ3) is 5.01. The highest BCUT2D eigenvalue weighted by molar-refractivity contribution is 4.97. The summed E-state index contributed by atoms with van der Waals surface area (Å²) in [4.78, 5) is 2.69. The molecule has 3 nitrogen and oxygen atoms in total. The Kier molecular flexibility index (Phi) is 8.08. The molecule has 1 N–H and O–H groups in total. The fourth-order valence-electron chi connectivity index (χ4n) is 3.12. The number of rotatable bonds is 9. The molecule has 1 fully saturated rings. The Morgan fingerprint density at radius 2 is 1.90 bits per heavy atom. The lowest BCUT2D eigenvalue weighted by molar-refractivity contribution is 0.00285. The van der Waals surface area contributed by atoms with E-state index in [1.807, 2.05) is 0 Å². The Bertz CT molecular complexity index is 251. The van der Waals surface area contributed by atoms with Crippen LogP contribution in [0.15, 0.2) is 0 Å². The number of hydrogen-bond donors (Lipinski definition) is 1. The summed E-state index contributed by atoms with van der Waals surface area (Å²) in [7, 11) is 0. The molecule has 0 spiro atoms. The number of piperazine rings is 1. The van der Waals surface area contributed by atoms with Crippen LogP contribution in [0.25, 0.3) is 0 Å². The molecular formula is C17H36N2O. The zero-order valence-corrected chi connectivity index (χ0v) is 14.4. The first kappa shape index (κ1) is 17.9. The fourth-order valence-corrected chi connectivity index (χ4v) is 3.12. The molecule has 0 aliphatic carbocycles. The molecule has 120 valence electrons. The molecule has 1 rings (SSSR count). The summed E-state index contributed by atoms with van der Waals surface area (Å²) in [5, 5.41) is 3.73. The van der Waals surface area contributed by atoms with Gasteiger partial charge in [0.15, 0.2) is 0 Å². The average Bonchev–Trinajstić information content (AvgIpc) is 2.46. The molecule has 0 radical (unpaired) electrons. The van der Waals surface area contributed by atoms with E-state index >= 15 is 0 Å². The van der Waals surface area contributed by atoms with Gasteiger partial charge in [0.25, 0.3) is 0 Å². The lowest BCUT2D eigenvalue weighted by atomic mass is 9.87. The Hall–Kier alpha value is -0.120. The molecule has 3 heteroatoms. The first-order valence-electron chi connectivity index (χ1n) is 8.64. The van der Waals surface area contributed by atoms with E-state index in [-0.39, 0.29) is 0 Å². The Morgan fingerprint density at radius 1 is 1.20 bits per heavy atom. The molecule has 1 unspecified atom stereocenters. The Morgan fingerprint density at radius 3 is 2.45 bits per heavy atom. The minimum atomic E-state index is 0.340. The van der Waals surface area contributed by atoms with E-state index in [0.717, 1.165) is 32.2 Å². The van der Waals surface area contributed by atoms with Crippen LogP contribution in [0.1, 0.15) is 60.3 Å². The molecule has 1 aliphatic rings. The molecule has 0 amide bonds. The van der Waals surface area contributed by atoms with E-state index in [1.165, 1.54) is 32.2 Å². The van der Waals surface area contributed by atoms with Crippen molar-refractivity contribution in [3.05, 3.63) is 0 Å². The molecule has 1 saturated heterocycles. The van der Waals surface area contributed by atoms with Gasteiger partial charge in [-0.3, -0.25) is 4.90 Å². The van der Waals surface area contributed by atoms with E-state index < -0.39 is 0 Å². The highest BCUT2D eigenvalue weighted by Crippen LogP contribution is 2.27. The second kappa shape index (κ2) is 9.01. The highest BCUT2D eigenvalue weighted by Gasteiger charge is 2.37.